The summed E-state index contributed by atoms with van der Waals surface area (Å²) in [6.07, 6.45) is 2.75. The number of carbonyl (C=O) groups excluding carboxylic acids is 2. The number of carbonyl (C=O) groups is 2. The second-order valence-corrected chi connectivity index (χ2v) is 10.1. The maximum atomic E-state index is 13.7. The Morgan fingerprint density at radius 3 is 2.48 bits per heavy atom. The number of hydrogen-bond acceptors (Lipinski definition) is 3. The van der Waals surface area contributed by atoms with E-state index in [0.717, 1.165) is 18.4 Å². The number of rotatable bonds is 5. The first kappa shape index (κ1) is 22.0. The number of fused-ring (bicyclic) bond motifs is 1. The van der Waals surface area contributed by atoms with E-state index >= 15 is 0 Å². The highest BCUT2D eigenvalue weighted by Crippen LogP contribution is 2.51. The standard InChI is InChI=1S/C26H30ClNO3/c1-4-25(2,3)18-11-14-23(29)21(15-18)26(31)20-7-5-6-8-22(20)28(24(26)30)16-17-9-12-19(27)13-10-17/h5-10,12-13,18,21,31H,4,11,14-16H2,1-3H3/t18-,21-,26-/m1/s1. The van der Waals surface area contributed by atoms with Crippen LogP contribution in [0.5, 0.6) is 0 Å². The molecule has 2 aliphatic rings. The Morgan fingerprint density at radius 2 is 1.81 bits per heavy atom. The van der Waals surface area contributed by atoms with Gasteiger partial charge in [-0.05, 0) is 47.9 Å². The SMILES string of the molecule is CCC(C)(C)[C@@H]1CCC(=O)[C@H]([C@@]2(O)C(=O)N(Cc3ccc(Cl)cc3)c3ccccc32)C1. The molecule has 164 valence electrons. The maximum Gasteiger partial charge on any atom is 0.264 e. The fourth-order valence-electron chi connectivity index (χ4n) is 5.15. The number of ketones is 1. The molecule has 1 fully saturated rings. The topological polar surface area (TPSA) is 57.6 Å². The van der Waals surface area contributed by atoms with Crippen LogP contribution in [0.25, 0.3) is 0 Å². The molecule has 2 aromatic carbocycles. The lowest BCUT2D eigenvalue weighted by Crippen LogP contribution is -2.51. The number of amides is 1. The van der Waals surface area contributed by atoms with Gasteiger partial charge >= 0.3 is 0 Å². The van der Waals surface area contributed by atoms with E-state index in [1.807, 2.05) is 30.3 Å². The minimum absolute atomic E-state index is 0.0119. The van der Waals surface area contributed by atoms with Crippen molar-refractivity contribution in [1.82, 2.24) is 0 Å². The molecule has 31 heavy (non-hydrogen) atoms. The van der Waals surface area contributed by atoms with E-state index in [0.29, 0.717) is 35.7 Å². The molecule has 0 unspecified atom stereocenters. The first-order chi connectivity index (χ1) is 14.7. The molecule has 2 aromatic rings. The largest absolute Gasteiger partial charge is 0.375 e. The summed E-state index contributed by atoms with van der Waals surface area (Å²) < 4.78 is 0. The number of aliphatic hydroxyl groups is 1. The predicted molar refractivity (Wildman–Crippen MR) is 123 cm³/mol. The molecule has 1 aliphatic heterocycles. The van der Waals surface area contributed by atoms with Crippen molar-refractivity contribution in [1.29, 1.82) is 0 Å². The Bertz CT molecular complexity index is 1000. The van der Waals surface area contributed by atoms with E-state index in [1.54, 1.807) is 23.1 Å². The van der Waals surface area contributed by atoms with E-state index in [-0.39, 0.29) is 17.1 Å². The fraction of sp³-hybridized carbons (Fsp3) is 0.462. The third-order valence-electron chi connectivity index (χ3n) is 7.60. The molecule has 3 atom stereocenters. The van der Waals surface area contributed by atoms with Gasteiger partial charge in [0.05, 0.1) is 18.2 Å². The lowest BCUT2D eigenvalue weighted by Gasteiger charge is -2.42. The molecular formula is C26H30ClNO3. The molecule has 0 aromatic heterocycles. The van der Waals surface area contributed by atoms with Crippen molar-refractivity contribution < 1.29 is 14.7 Å². The summed E-state index contributed by atoms with van der Waals surface area (Å²) >= 11 is 6.01. The van der Waals surface area contributed by atoms with Crippen molar-refractivity contribution in [2.45, 2.75) is 58.6 Å². The monoisotopic (exact) mass is 439 g/mol. The van der Waals surface area contributed by atoms with Gasteiger partial charge in [-0.1, -0.05) is 69.1 Å². The van der Waals surface area contributed by atoms with Crippen molar-refractivity contribution in [2.24, 2.45) is 17.3 Å². The Kier molecular flexibility index (Phi) is 5.74. The summed E-state index contributed by atoms with van der Waals surface area (Å²) in [5.74, 6) is -0.852. The van der Waals surface area contributed by atoms with E-state index in [4.69, 9.17) is 11.6 Å². The Labute approximate surface area is 189 Å². The van der Waals surface area contributed by atoms with Gasteiger partial charge in [-0.25, -0.2) is 0 Å². The molecule has 5 heteroatoms. The van der Waals surface area contributed by atoms with Crippen molar-refractivity contribution in [2.75, 3.05) is 4.90 Å². The van der Waals surface area contributed by atoms with E-state index in [9.17, 15) is 14.7 Å². The van der Waals surface area contributed by atoms with Crippen molar-refractivity contribution in [3.05, 3.63) is 64.7 Å². The van der Waals surface area contributed by atoms with Gasteiger partial charge in [0.25, 0.3) is 5.91 Å². The number of nitrogens with zero attached hydrogens (tertiary/aromatic N) is 1. The third kappa shape index (κ3) is 3.70. The van der Waals surface area contributed by atoms with E-state index in [1.165, 1.54) is 0 Å². The number of anilines is 1. The predicted octanol–water partition coefficient (Wildman–Crippen LogP) is 5.50. The highest BCUT2D eigenvalue weighted by atomic mass is 35.5. The minimum atomic E-state index is -1.82. The maximum absolute atomic E-state index is 13.7. The lowest BCUT2D eigenvalue weighted by molar-refractivity contribution is -0.155. The van der Waals surface area contributed by atoms with Crippen LogP contribution in [-0.4, -0.2) is 16.8 Å². The molecule has 1 N–H and O–H groups in total. The summed E-state index contributed by atoms with van der Waals surface area (Å²) in [6, 6.07) is 14.7. The van der Waals surface area contributed by atoms with Gasteiger partial charge in [0, 0.05) is 17.0 Å². The highest BCUT2D eigenvalue weighted by molar-refractivity contribution is 6.30. The summed E-state index contributed by atoms with van der Waals surface area (Å²) in [5.41, 5.74) is 0.371. The van der Waals surface area contributed by atoms with Gasteiger partial charge in [-0.15, -0.1) is 0 Å². The minimum Gasteiger partial charge on any atom is -0.375 e. The van der Waals surface area contributed by atoms with Crippen molar-refractivity contribution >= 4 is 29.0 Å². The Hall–Kier alpha value is -2.17. The zero-order chi connectivity index (χ0) is 22.4. The van der Waals surface area contributed by atoms with Gasteiger partial charge in [0.1, 0.15) is 5.78 Å². The van der Waals surface area contributed by atoms with Gasteiger partial charge in [0.15, 0.2) is 5.60 Å². The summed E-state index contributed by atoms with van der Waals surface area (Å²) in [4.78, 5) is 28.4. The van der Waals surface area contributed by atoms with Crippen LogP contribution in [0, 0.1) is 17.3 Å². The Morgan fingerprint density at radius 1 is 1.13 bits per heavy atom. The van der Waals surface area contributed by atoms with Gasteiger partial charge < -0.3 is 10.0 Å². The molecule has 1 heterocycles. The Balaban J connectivity index is 1.72. The normalized spacial score (nSPS) is 26.3. The highest BCUT2D eigenvalue weighted by Gasteiger charge is 2.58. The zero-order valence-corrected chi connectivity index (χ0v) is 19.2. The molecule has 0 bridgehead atoms. The van der Waals surface area contributed by atoms with Crippen LogP contribution in [0.1, 0.15) is 57.6 Å². The molecule has 0 saturated heterocycles. The molecule has 0 radical (unpaired) electrons. The van der Waals surface area contributed by atoms with Crippen LogP contribution in [0.2, 0.25) is 5.02 Å². The first-order valence-corrected chi connectivity index (χ1v) is 11.5. The van der Waals surface area contributed by atoms with Crippen molar-refractivity contribution in [3.63, 3.8) is 0 Å². The second kappa shape index (κ2) is 8.07. The van der Waals surface area contributed by atoms with Gasteiger partial charge in [-0.3, -0.25) is 9.59 Å². The van der Waals surface area contributed by atoms with E-state index in [2.05, 4.69) is 20.8 Å². The number of Topliss-reactive ketones (excluding diaryl/α,β-unsaturated/α-hetero) is 1. The van der Waals surface area contributed by atoms with Crippen LogP contribution >= 0.6 is 11.6 Å². The van der Waals surface area contributed by atoms with Crippen LogP contribution in [0.15, 0.2) is 48.5 Å². The smallest absolute Gasteiger partial charge is 0.264 e. The summed E-state index contributed by atoms with van der Waals surface area (Å²) in [5, 5.41) is 12.6. The number of para-hydroxylation sites is 1. The summed E-state index contributed by atoms with van der Waals surface area (Å²) in [7, 11) is 0. The number of hydrogen-bond donors (Lipinski definition) is 1. The van der Waals surface area contributed by atoms with Crippen LogP contribution in [0.4, 0.5) is 5.69 Å². The molecule has 4 nitrogen and oxygen atoms in total. The quantitative estimate of drug-likeness (QED) is 0.669. The summed E-state index contributed by atoms with van der Waals surface area (Å²) in [6.45, 7) is 6.90. The average molecular weight is 440 g/mol. The van der Waals surface area contributed by atoms with Crippen LogP contribution < -0.4 is 4.90 Å². The molecule has 4 rings (SSSR count). The van der Waals surface area contributed by atoms with Crippen LogP contribution in [0.3, 0.4) is 0 Å². The number of benzene rings is 2. The number of halogens is 1. The molecular weight excluding hydrogens is 410 g/mol. The lowest BCUT2D eigenvalue weighted by atomic mass is 9.62. The molecule has 1 saturated carbocycles. The molecule has 0 spiro atoms. The second-order valence-electron chi connectivity index (χ2n) is 9.63. The van der Waals surface area contributed by atoms with Crippen LogP contribution in [-0.2, 0) is 21.7 Å². The molecule has 1 aliphatic carbocycles. The fourth-order valence-corrected chi connectivity index (χ4v) is 5.28. The molecule has 1 amide bonds. The van der Waals surface area contributed by atoms with Gasteiger partial charge in [-0.2, -0.15) is 0 Å². The third-order valence-corrected chi connectivity index (χ3v) is 7.85. The first-order valence-electron chi connectivity index (χ1n) is 11.1. The zero-order valence-electron chi connectivity index (χ0n) is 18.4. The van der Waals surface area contributed by atoms with Crippen molar-refractivity contribution in [3.8, 4) is 0 Å². The van der Waals surface area contributed by atoms with E-state index < -0.39 is 17.4 Å². The average Bonchev–Trinajstić information content (AvgIpc) is 2.98. The van der Waals surface area contributed by atoms with Gasteiger partial charge in [0.2, 0.25) is 0 Å².